The van der Waals surface area contributed by atoms with Crippen LogP contribution in [-0.4, -0.2) is 34.4 Å². The molecular weight excluding hydrogens is 441 g/mol. The van der Waals surface area contributed by atoms with Crippen LogP contribution in [-0.2, 0) is 11.3 Å². The number of hydrogen-bond acceptors (Lipinski definition) is 4. The number of halogens is 1. The quantitative estimate of drug-likeness (QED) is 0.603. The molecule has 0 aliphatic carbocycles. The number of nitrogens with one attached hydrogen (secondary N) is 1. The Morgan fingerprint density at radius 2 is 1.85 bits per heavy atom. The van der Waals surface area contributed by atoms with Gasteiger partial charge in [0.15, 0.2) is 0 Å². The normalized spacial score (nSPS) is 19.7. The molecule has 2 unspecified atom stereocenters. The monoisotopic (exact) mass is 463 g/mol. The third-order valence-corrected chi connectivity index (χ3v) is 7.00. The average molecular weight is 464 g/mol. The van der Waals surface area contributed by atoms with Gasteiger partial charge in [0.05, 0.1) is 0 Å². The highest BCUT2D eigenvalue weighted by molar-refractivity contribution is 7.10. The maximum absolute atomic E-state index is 13.6. The van der Waals surface area contributed by atoms with Gasteiger partial charge in [-0.05, 0) is 60.2 Å². The summed E-state index contributed by atoms with van der Waals surface area (Å²) in [7, 11) is 0. The van der Waals surface area contributed by atoms with Crippen LogP contribution in [0.3, 0.4) is 0 Å². The highest BCUT2D eigenvalue weighted by Crippen LogP contribution is 2.35. The number of benzene rings is 1. The summed E-state index contributed by atoms with van der Waals surface area (Å²) in [6.45, 7) is 1.58. The number of amides is 2. The minimum absolute atomic E-state index is 0.00758. The van der Waals surface area contributed by atoms with Gasteiger partial charge in [-0.3, -0.25) is 14.4 Å². The minimum atomic E-state index is -0.472. The molecule has 5 rings (SSSR count). The van der Waals surface area contributed by atoms with E-state index in [0.29, 0.717) is 19.6 Å². The highest BCUT2D eigenvalue weighted by Gasteiger charge is 2.37. The van der Waals surface area contributed by atoms with Crippen molar-refractivity contribution in [2.75, 3.05) is 13.1 Å². The van der Waals surface area contributed by atoms with E-state index in [4.69, 9.17) is 0 Å². The van der Waals surface area contributed by atoms with E-state index in [0.717, 1.165) is 17.0 Å². The van der Waals surface area contributed by atoms with Crippen LogP contribution in [0.5, 0.6) is 0 Å². The van der Waals surface area contributed by atoms with Gasteiger partial charge in [-0.1, -0.05) is 12.1 Å². The first kappa shape index (κ1) is 21.3. The number of likely N-dealkylation sites (tertiary alicyclic amines) is 1. The number of pyridine rings is 1. The molecule has 1 fully saturated rings. The van der Waals surface area contributed by atoms with Gasteiger partial charge in [-0.15, -0.1) is 11.3 Å². The van der Waals surface area contributed by atoms with E-state index in [2.05, 4.69) is 5.32 Å². The Morgan fingerprint density at radius 1 is 1.03 bits per heavy atom. The zero-order valence-electron chi connectivity index (χ0n) is 17.7. The smallest absolute Gasteiger partial charge is 0.270 e. The van der Waals surface area contributed by atoms with Gasteiger partial charge in [0.1, 0.15) is 11.5 Å². The molecule has 0 saturated carbocycles. The van der Waals surface area contributed by atoms with E-state index in [9.17, 15) is 18.8 Å². The second-order valence-electron chi connectivity index (χ2n) is 8.44. The molecule has 33 heavy (non-hydrogen) atoms. The first-order chi connectivity index (χ1) is 16.0. The van der Waals surface area contributed by atoms with Crippen molar-refractivity contribution in [3.63, 3.8) is 0 Å². The number of piperidine rings is 1. The molecular formula is C25H22FN3O3S. The number of carbonyl (C=O) groups is 2. The van der Waals surface area contributed by atoms with Crippen LogP contribution in [0.1, 0.15) is 33.3 Å². The highest BCUT2D eigenvalue weighted by atomic mass is 32.1. The zero-order chi connectivity index (χ0) is 22.9. The first-order valence-corrected chi connectivity index (χ1v) is 11.7. The Hall–Kier alpha value is -3.52. The van der Waals surface area contributed by atoms with E-state index in [1.165, 1.54) is 35.6 Å². The fourth-order valence-electron chi connectivity index (χ4n) is 4.70. The van der Waals surface area contributed by atoms with Crippen LogP contribution in [0.25, 0.3) is 6.08 Å². The Labute approximate surface area is 194 Å². The SMILES string of the molecule is O=C(N/C(=C\c1cccs1)C(=O)N1CC2CC(C1)c1cccc(=O)n1C2)c1ccc(F)cc1. The van der Waals surface area contributed by atoms with E-state index < -0.39 is 11.7 Å². The topological polar surface area (TPSA) is 71.4 Å². The van der Waals surface area contributed by atoms with Gasteiger partial charge in [0.2, 0.25) is 0 Å². The number of hydrogen-bond donors (Lipinski definition) is 1. The Morgan fingerprint density at radius 3 is 2.61 bits per heavy atom. The van der Waals surface area contributed by atoms with E-state index in [1.807, 2.05) is 28.1 Å². The number of thiophene rings is 1. The molecule has 2 bridgehead atoms. The molecule has 4 heterocycles. The van der Waals surface area contributed by atoms with Crippen molar-refractivity contribution < 1.29 is 14.0 Å². The van der Waals surface area contributed by atoms with Crippen molar-refractivity contribution in [3.8, 4) is 0 Å². The van der Waals surface area contributed by atoms with Gasteiger partial charge in [0, 0.05) is 47.8 Å². The van der Waals surface area contributed by atoms with Crippen molar-refractivity contribution in [3.05, 3.63) is 98.0 Å². The van der Waals surface area contributed by atoms with Crippen molar-refractivity contribution in [2.45, 2.75) is 18.9 Å². The summed E-state index contributed by atoms with van der Waals surface area (Å²) in [6, 6.07) is 14.2. The molecule has 0 spiro atoms. The molecule has 2 atom stereocenters. The number of fused-ring (bicyclic) bond motifs is 4. The van der Waals surface area contributed by atoms with Gasteiger partial charge < -0.3 is 14.8 Å². The summed E-state index contributed by atoms with van der Waals surface area (Å²) in [5.74, 6) is -0.918. The number of carbonyl (C=O) groups excluding carboxylic acids is 2. The molecule has 1 N–H and O–H groups in total. The molecule has 2 aliphatic rings. The average Bonchev–Trinajstić information content (AvgIpc) is 3.32. The lowest BCUT2D eigenvalue weighted by molar-refractivity contribution is -0.130. The van der Waals surface area contributed by atoms with Gasteiger partial charge in [-0.2, -0.15) is 0 Å². The lowest BCUT2D eigenvalue weighted by Crippen LogP contribution is -2.50. The van der Waals surface area contributed by atoms with Gasteiger partial charge in [-0.25, -0.2) is 4.39 Å². The number of rotatable bonds is 4. The maximum Gasteiger partial charge on any atom is 0.270 e. The predicted octanol–water partition coefficient (Wildman–Crippen LogP) is 3.47. The molecule has 0 radical (unpaired) electrons. The third-order valence-electron chi connectivity index (χ3n) is 6.18. The molecule has 1 aromatic carbocycles. The Kier molecular flexibility index (Phi) is 5.68. The van der Waals surface area contributed by atoms with Crippen LogP contribution in [0.4, 0.5) is 4.39 Å². The molecule has 2 aliphatic heterocycles. The molecule has 3 aromatic rings. The standard InChI is InChI=1S/C25H22FN3O3S/c26-19-8-6-17(7-9-19)24(31)27-21(12-20-3-2-10-33-20)25(32)28-13-16-11-18(15-28)22-4-1-5-23(30)29(22)14-16/h1-10,12,16,18H,11,13-15H2,(H,27,31)/b21-12-. The van der Waals surface area contributed by atoms with Crippen LogP contribution in [0.2, 0.25) is 0 Å². The summed E-state index contributed by atoms with van der Waals surface area (Å²) < 4.78 is 15.1. The van der Waals surface area contributed by atoms with Crippen molar-refractivity contribution in [2.24, 2.45) is 5.92 Å². The summed E-state index contributed by atoms with van der Waals surface area (Å²) in [5.41, 5.74) is 1.39. The van der Waals surface area contributed by atoms with E-state index in [-0.39, 0.29) is 34.6 Å². The second-order valence-corrected chi connectivity index (χ2v) is 9.42. The van der Waals surface area contributed by atoms with Gasteiger partial charge >= 0.3 is 0 Å². The minimum Gasteiger partial charge on any atom is -0.336 e. The van der Waals surface area contributed by atoms with Crippen LogP contribution >= 0.6 is 11.3 Å². The molecule has 2 aromatic heterocycles. The second kappa shape index (κ2) is 8.78. The largest absolute Gasteiger partial charge is 0.336 e. The lowest BCUT2D eigenvalue weighted by atomic mass is 9.83. The van der Waals surface area contributed by atoms with Crippen LogP contribution < -0.4 is 10.9 Å². The van der Waals surface area contributed by atoms with Crippen molar-refractivity contribution in [1.29, 1.82) is 0 Å². The molecule has 168 valence electrons. The molecule has 8 heteroatoms. The number of aromatic nitrogens is 1. The lowest BCUT2D eigenvalue weighted by Gasteiger charge is -2.43. The van der Waals surface area contributed by atoms with Crippen molar-refractivity contribution in [1.82, 2.24) is 14.8 Å². The first-order valence-electron chi connectivity index (χ1n) is 10.8. The fourth-order valence-corrected chi connectivity index (χ4v) is 5.35. The Balaban J connectivity index is 1.41. The number of nitrogens with zero attached hydrogens (tertiary/aromatic N) is 2. The fraction of sp³-hybridized carbons (Fsp3) is 0.240. The summed E-state index contributed by atoms with van der Waals surface area (Å²) in [4.78, 5) is 41.3. The molecule has 2 amide bonds. The van der Waals surface area contributed by atoms with E-state index >= 15 is 0 Å². The summed E-state index contributed by atoms with van der Waals surface area (Å²) in [5, 5.41) is 4.64. The summed E-state index contributed by atoms with van der Waals surface area (Å²) in [6.07, 6.45) is 2.61. The zero-order valence-corrected chi connectivity index (χ0v) is 18.6. The van der Waals surface area contributed by atoms with Crippen molar-refractivity contribution >= 4 is 29.2 Å². The Bertz CT molecular complexity index is 1280. The third kappa shape index (κ3) is 4.39. The van der Waals surface area contributed by atoms with Crippen LogP contribution in [0.15, 0.2) is 70.5 Å². The van der Waals surface area contributed by atoms with Crippen LogP contribution in [0, 0.1) is 11.7 Å². The summed E-state index contributed by atoms with van der Waals surface area (Å²) >= 11 is 1.46. The predicted molar refractivity (Wildman–Crippen MR) is 124 cm³/mol. The van der Waals surface area contributed by atoms with Gasteiger partial charge in [0.25, 0.3) is 17.4 Å². The molecule has 1 saturated heterocycles. The van der Waals surface area contributed by atoms with E-state index in [1.54, 1.807) is 23.1 Å². The molecule has 6 nitrogen and oxygen atoms in total. The maximum atomic E-state index is 13.6.